The average molecular weight is 1190 g/mol. The topological polar surface area (TPSA) is 578 Å². The molecule has 3 rings (SSSR count). The number of aromatic nitrogens is 2. The maximum absolute atomic E-state index is 13.4. The van der Waals surface area contributed by atoms with Crippen molar-refractivity contribution < 1.29 is 125 Å². The van der Waals surface area contributed by atoms with E-state index in [0.717, 1.165) is 40.0 Å². The summed E-state index contributed by atoms with van der Waals surface area (Å²) in [5.74, 6) is -10.6. The van der Waals surface area contributed by atoms with Crippen molar-refractivity contribution in [1.82, 2.24) is 41.5 Å². The Morgan fingerprint density at radius 1 is 0.738 bits per heavy atom. The van der Waals surface area contributed by atoms with E-state index in [2.05, 4.69) is 40.7 Å². The van der Waals surface area contributed by atoms with Crippen molar-refractivity contribution in [2.24, 2.45) is 5.73 Å². The Morgan fingerprint density at radius 3 is 1.90 bits per heavy atom. The number of nitrogens with zero attached hydrogens (tertiary/aromatic N) is 1. The Hall–Kier alpha value is -6.15. The molecule has 39 heteroatoms. The van der Waals surface area contributed by atoms with E-state index in [9.17, 15) is 97.2 Å². The molecule has 18 atom stereocenters. The number of nitrogens with one attached hydrogen (secondary N) is 7. The van der Waals surface area contributed by atoms with Gasteiger partial charge in [0.05, 0.1) is 13.2 Å². The minimum atomic E-state index is -5.97. The maximum atomic E-state index is 13.4. The average Bonchev–Trinajstić information content (AvgIpc) is 3.63. The van der Waals surface area contributed by atoms with Crippen molar-refractivity contribution in [2.45, 2.75) is 164 Å². The number of hydrogen-bond donors (Lipinski definition) is 17. The van der Waals surface area contributed by atoms with Gasteiger partial charge >= 0.3 is 39.2 Å². The van der Waals surface area contributed by atoms with Crippen LogP contribution in [0.15, 0.2) is 21.9 Å². The van der Waals surface area contributed by atoms with E-state index in [0.29, 0.717) is 4.57 Å². The van der Waals surface area contributed by atoms with Gasteiger partial charge in [0.15, 0.2) is 12.5 Å². The van der Waals surface area contributed by atoms with Crippen molar-refractivity contribution >= 4 is 69.0 Å². The van der Waals surface area contributed by atoms with Crippen LogP contribution in [0.25, 0.3) is 0 Å². The first-order valence-corrected chi connectivity index (χ1v) is 26.9. The Bertz CT molecular complexity index is 2630. The molecule has 3 heterocycles. The highest BCUT2D eigenvalue weighted by molar-refractivity contribution is 7.61. The summed E-state index contributed by atoms with van der Waals surface area (Å²) in [6, 6.07) is -10.0. The number of H-pyrrole nitrogens is 1. The van der Waals surface area contributed by atoms with Crippen molar-refractivity contribution in [2.75, 3.05) is 13.2 Å². The fourth-order valence-corrected chi connectivity index (χ4v) is 9.57. The quantitative estimate of drug-likeness (QED) is 0.0307. The molecular formula is C41H65N9O28P2. The van der Waals surface area contributed by atoms with E-state index in [4.69, 9.17) is 34.7 Å². The number of ether oxygens (including phenoxy) is 3. The third kappa shape index (κ3) is 20.4. The van der Waals surface area contributed by atoms with Gasteiger partial charge in [0.25, 0.3) is 5.56 Å². The number of carboxylic acid groups (broad SMARTS) is 3. The molecular weight excluding hydrogens is 1130 g/mol. The molecule has 37 nitrogen and oxygen atoms in total. The number of carbonyl (C=O) groups is 9. The number of aliphatic hydroxyl groups is 4. The highest BCUT2D eigenvalue weighted by Crippen LogP contribution is 2.61. The molecule has 0 saturated carbocycles. The number of hydrogen-bond acceptors (Lipinski definition) is 24. The van der Waals surface area contributed by atoms with Gasteiger partial charge in [-0.1, -0.05) is 0 Å². The summed E-state index contributed by atoms with van der Waals surface area (Å²) in [6.07, 6.45) is -18.0. The smallest absolute Gasteiger partial charge is 0.480 e. The van der Waals surface area contributed by atoms with Crippen LogP contribution in [-0.2, 0) is 79.8 Å². The molecule has 0 radical (unpaired) electrons. The van der Waals surface area contributed by atoms with E-state index in [1.807, 2.05) is 4.98 Å². The van der Waals surface area contributed by atoms with Crippen LogP contribution in [0.4, 0.5) is 0 Å². The van der Waals surface area contributed by atoms with Crippen LogP contribution < -0.4 is 48.9 Å². The molecule has 80 heavy (non-hydrogen) atoms. The van der Waals surface area contributed by atoms with Gasteiger partial charge in [-0.05, 0) is 53.4 Å². The normalized spacial score (nSPS) is 26.0. The van der Waals surface area contributed by atoms with E-state index in [1.165, 1.54) is 6.92 Å². The molecule has 2 aliphatic heterocycles. The highest BCUT2D eigenvalue weighted by Gasteiger charge is 2.52. The summed E-state index contributed by atoms with van der Waals surface area (Å²) < 4.78 is 57.0. The lowest BCUT2D eigenvalue weighted by Gasteiger charge is -2.44. The zero-order valence-corrected chi connectivity index (χ0v) is 44.8. The lowest BCUT2D eigenvalue weighted by Crippen LogP contribution is -2.66. The maximum Gasteiger partial charge on any atom is 0.483 e. The van der Waals surface area contributed by atoms with Crippen molar-refractivity contribution in [3.05, 3.63) is 33.1 Å². The number of nitrogens with two attached hydrogens (primary N) is 1. The lowest BCUT2D eigenvalue weighted by atomic mass is 9.96. The molecule has 1 aromatic rings. The summed E-state index contributed by atoms with van der Waals surface area (Å²) in [6.45, 7) is 3.08. The number of carboxylic acids is 3. The van der Waals surface area contributed by atoms with E-state index in [1.54, 1.807) is 0 Å². The first kappa shape index (κ1) is 68.1. The van der Waals surface area contributed by atoms with Gasteiger partial charge in [-0.3, -0.25) is 61.7 Å². The number of aromatic amines is 1. The van der Waals surface area contributed by atoms with Gasteiger partial charge in [-0.2, -0.15) is 4.31 Å². The number of phosphoric ester groups is 2. The third-order valence-electron chi connectivity index (χ3n) is 11.7. The summed E-state index contributed by atoms with van der Waals surface area (Å²) >= 11 is 0. The predicted molar refractivity (Wildman–Crippen MR) is 259 cm³/mol. The van der Waals surface area contributed by atoms with E-state index >= 15 is 0 Å². The molecule has 0 aromatic carbocycles. The molecule has 2 fully saturated rings. The van der Waals surface area contributed by atoms with Crippen molar-refractivity contribution in [1.29, 1.82) is 0 Å². The van der Waals surface area contributed by atoms with Gasteiger partial charge in [0.2, 0.25) is 35.4 Å². The Labute approximate surface area is 451 Å². The van der Waals surface area contributed by atoms with Crippen LogP contribution in [0, 0.1) is 0 Å². The number of amides is 6. The molecule has 0 aliphatic carbocycles. The van der Waals surface area contributed by atoms with Crippen LogP contribution in [-0.4, -0.2) is 213 Å². The minimum Gasteiger partial charge on any atom is -0.480 e. The van der Waals surface area contributed by atoms with Crippen LogP contribution in [0.2, 0.25) is 0 Å². The number of aliphatic carboxylic acids is 3. The highest BCUT2D eigenvalue weighted by atomic mass is 31.3. The lowest BCUT2D eigenvalue weighted by molar-refractivity contribution is -0.261. The summed E-state index contributed by atoms with van der Waals surface area (Å²) in [7, 11) is -11.8. The summed E-state index contributed by atoms with van der Waals surface area (Å²) in [5, 5.41) is 83.3. The fourth-order valence-electron chi connectivity index (χ4n) is 7.41. The molecule has 2 aliphatic rings. The van der Waals surface area contributed by atoms with Crippen molar-refractivity contribution in [3.8, 4) is 0 Å². The third-order valence-corrected chi connectivity index (χ3v) is 14.3. The van der Waals surface area contributed by atoms with Gasteiger partial charge in [-0.25, -0.2) is 18.7 Å². The Kier molecular flexibility index (Phi) is 25.6. The molecule has 6 amide bonds. The monoisotopic (exact) mass is 1190 g/mol. The van der Waals surface area contributed by atoms with Gasteiger partial charge in [0, 0.05) is 25.6 Å². The van der Waals surface area contributed by atoms with Gasteiger partial charge in [0.1, 0.15) is 85.0 Å². The van der Waals surface area contributed by atoms with Crippen molar-refractivity contribution in [3.63, 3.8) is 0 Å². The first-order chi connectivity index (χ1) is 37.1. The second-order valence-corrected chi connectivity index (χ2v) is 21.1. The van der Waals surface area contributed by atoms with E-state index in [-0.39, 0.29) is 19.3 Å². The molecule has 18 unspecified atom stereocenters. The molecule has 452 valence electrons. The molecule has 1 aromatic heterocycles. The summed E-state index contributed by atoms with van der Waals surface area (Å²) in [4.78, 5) is 159. The Morgan fingerprint density at radius 2 is 1.34 bits per heavy atom. The van der Waals surface area contributed by atoms with Crippen LogP contribution in [0.5, 0.6) is 0 Å². The first-order valence-electron chi connectivity index (χ1n) is 23.9. The molecule has 18 N–H and O–H groups in total. The Balaban J connectivity index is 1.66. The zero-order valence-electron chi connectivity index (χ0n) is 43.0. The van der Waals surface area contributed by atoms with Crippen LogP contribution in [0.3, 0.4) is 0 Å². The predicted octanol–water partition coefficient (Wildman–Crippen LogP) is -7.22. The number of rotatable bonds is 31. The fraction of sp³-hybridized carbons (Fsp3) is 0.683. The summed E-state index contributed by atoms with van der Waals surface area (Å²) in [5.41, 5.74) is 3.63. The second kappa shape index (κ2) is 30.1. The number of aliphatic hydroxyl groups excluding tert-OH is 4. The minimum absolute atomic E-state index is 0.0544. The van der Waals surface area contributed by atoms with Crippen LogP contribution in [0.1, 0.15) is 73.0 Å². The standard InChI is InChI=1S/C41H65N9O28P2/c1-15(32(58)45-17(3)37(62)63)44-35(61)21(8-6-7-20(42)38(64)65)47-25(53)10-9-22(39(66)67)48-33(59)16(2)43-34(60)18(4)74-31-27(46-19(5)52)40(76-23(13-51)29(31)56)77-80(71,72)78-79(69,70)73-14-24-28(55)30(57)36(75-24)50-12-11-26(54)49-41(50)68/h11-12,15-18,20-24,27-31,36,40,51,55-57H,6-10,13-14,42H2,1-5H3,(H,43,60)(H,44,61)(H,45,58)(H,46,52)(H,47,53)(H,48,59)(H,62,63)(H,64,65)(H,66,67)(H,69,70)(H,71,72)(H,49,54,68). The molecule has 0 bridgehead atoms. The largest absolute Gasteiger partial charge is 0.483 e. The zero-order chi connectivity index (χ0) is 60.7. The molecule has 2 saturated heterocycles. The second-order valence-electron chi connectivity index (χ2n) is 18.1. The van der Waals surface area contributed by atoms with E-state index < -0.39 is 204 Å². The SMILES string of the molecule is CC(=O)NC1C(OP(=O)(O)OP(=O)(O)OCC2OC(n3ccc(=O)[nH]c3=O)C(O)C2O)OC(CO)C(O)C1OC(C)C(=O)NC(C)C(=O)NC(CCC(=O)NC(CCCC(N)C(=O)O)C(=O)NC(C)C(=O)NC(C)C(=O)O)C(=O)O. The van der Waals surface area contributed by atoms with Gasteiger partial charge < -0.3 is 97.4 Å². The number of phosphoric acid groups is 2. The van der Waals surface area contributed by atoms with Crippen LogP contribution >= 0.6 is 15.6 Å². The molecule has 0 spiro atoms. The van der Waals surface area contributed by atoms with Gasteiger partial charge in [-0.15, -0.1) is 0 Å². The number of carbonyl (C=O) groups excluding carboxylic acids is 6.